The highest BCUT2D eigenvalue weighted by atomic mass is 32.5. The molecule has 0 N–H and O–H groups in total. The van der Waals surface area contributed by atoms with E-state index in [2.05, 4.69) is 0 Å². The zero-order valence-corrected chi connectivity index (χ0v) is 7.74. The van der Waals surface area contributed by atoms with Crippen LogP contribution in [0, 0.1) is 11.1 Å². The molecule has 58 valence electrons. The highest BCUT2D eigenvalue weighted by Gasteiger charge is 2.15. The SMILES string of the molecule is CCOP(=S)(C#N)OCC. The lowest BCUT2D eigenvalue weighted by Crippen LogP contribution is -1.91. The molecule has 0 rings (SSSR count). The Balaban J connectivity index is 4.00. The first-order chi connectivity index (χ1) is 4.68. The lowest BCUT2D eigenvalue weighted by molar-refractivity contribution is 0.275. The minimum Gasteiger partial charge on any atom is -0.319 e. The third-order valence-corrected chi connectivity index (χ3v) is 3.04. The number of hydrogen-bond acceptors (Lipinski definition) is 4. The molecule has 0 saturated heterocycles. The first kappa shape index (κ1) is 10.1. The standard InChI is InChI=1S/C5H10NO2PS/c1-3-7-9(10,5-6)8-4-2/h3-4H2,1-2H3. The van der Waals surface area contributed by atoms with Gasteiger partial charge in [0.1, 0.15) is 0 Å². The van der Waals surface area contributed by atoms with Gasteiger partial charge in [0.25, 0.3) is 6.49 Å². The maximum atomic E-state index is 8.49. The molecule has 3 nitrogen and oxygen atoms in total. The van der Waals surface area contributed by atoms with Crippen LogP contribution in [0.3, 0.4) is 0 Å². The molecule has 0 fully saturated rings. The Morgan fingerprint density at radius 2 is 1.80 bits per heavy atom. The molecular formula is C5H10NO2PS. The summed E-state index contributed by atoms with van der Waals surface area (Å²) < 4.78 is 9.92. The summed E-state index contributed by atoms with van der Waals surface area (Å²) in [6.45, 7) is 1.89. The Morgan fingerprint density at radius 1 is 1.40 bits per heavy atom. The fourth-order valence-electron chi connectivity index (χ4n) is 0.435. The fraction of sp³-hybridized carbons (Fsp3) is 0.800. The van der Waals surface area contributed by atoms with Gasteiger partial charge in [0, 0.05) is 0 Å². The normalized spacial score (nSPS) is 10.9. The van der Waals surface area contributed by atoms with Crippen LogP contribution in [0.25, 0.3) is 0 Å². The topological polar surface area (TPSA) is 42.2 Å². The van der Waals surface area contributed by atoms with Gasteiger partial charge in [-0.3, -0.25) is 0 Å². The van der Waals surface area contributed by atoms with Crippen molar-refractivity contribution in [2.45, 2.75) is 13.8 Å². The molecule has 0 aliphatic heterocycles. The van der Waals surface area contributed by atoms with Crippen LogP contribution in [0.4, 0.5) is 0 Å². The van der Waals surface area contributed by atoms with Crippen LogP contribution in [-0.4, -0.2) is 13.2 Å². The summed E-state index contributed by atoms with van der Waals surface area (Å²) in [4.78, 5) is 0. The van der Waals surface area contributed by atoms with Gasteiger partial charge in [0.15, 0.2) is 5.81 Å². The second-order valence-corrected chi connectivity index (χ2v) is 4.59. The number of hydrogen-bond donors (Lipinski definition) is 0. The van der Waals surface area contributed by atoms with Gasteiger partial charge in [-0.25, -0.2) is 0 Å². The molecular weight excluding hydrogens is 169 g/mol. The molecule has 0 aliphatic rings. The van der Waals surface area contributed by atoms with E-state index < -0.39 is 6.49 Å². The average molecular weight is 179 g/mol. The minimum absolute atomic E-state index is 0.435. The molecule has 5 heteroatoms. The van der Waals surface area contributed by atoms with Gasteiger partial charge >= 0.3 is 0 Å². The maximum absolute atomic E-state index is 8.49. The van der Waals surface area contributed by atoms with Crippen molar-refractivity contribution >= 4 is 18.3 Å². The molecule has 0 bridgehead atoms. The summed E-state index contributed by atoms with van der Waals surface area (Å²) in [5, 5.41) is 8.49. The molecule has 0 aromatic heterocycles. The van der Waals surface area contributed by atoms with Crippen LogP contribution in [-0.2, 0) is 20.9 Å². The largest absolute Gasteiger partial charge is 0.319 e. The van der Waals surface area contributed by atoms with Gasteiger partial charge in [-0.1, -0.05) is 0 Å². The lowest BCUT2D eigenvalue weighted by atomic mass is 10.9. The zero-order valence-electron chi connectivity index (χ0n) is 6.03. The monoisotopic (exact) mass is 179 g/mol. The van der Waals surface area contributed by atoms with Crippen molar-refractivity contribution in [1.29, 1.82) is 5.26 Å². The quantitative estimate of drug-likeness (QED) is 0.617. The van der Waals surface area contributed by atoms with Crippen molar-refractivity contribution in [1.82, 2.24) is 0 Å². The predicted octanol–water partition coefficient (Wildman–Crippen LogP) is 1.85. The Hall–Kier alpha value is 0.0600. The molecule has 0 amide bonds. The van der Waals surface area contributed by atoms with Crippen LogP contribution in [0.1, 0.15) is 13.8 Å². The number of nitriles is 1. The Kier molecular flexibility index (Phi) is 4.84. The molecule has 0 saturated carbocycles. The molecule has 0 unspecified atom stereocenters. The first-order valence-electron chi connectivity index (χ1n) is 2.99. The molecule has 0 aliphatic carbocycles. The van der Waals surface area contributed by atoms with Gasteiger partial charge in [-0.15, -0.1) is 0 Å². The van der Waals surface area contributed by atoms with E-state index in [1.807, 2.05) is 5.81 Å². The van der Waals surface area contributed by atoms with Gasteiger partial charge in [-0.2, -0.15) is 5.26 Å². The molecule has 0 atom stereocenters. The second-order valence-electron chi connectivity index (χ2n) is 1.43. The lowest BCUT2D eigenvalue weighted by Gasteiger charge is -2.11. The van der Waals surface area contributed by atoms with E-state index in [0.717, 1.165) is 0 Å². The first-order valence-corrected chi connectivity index (χ1v) is 5.62. The third-order valence-electron chi connectivity index (χ3n) is 0.721. The van der Waals surface area contributed by atoms with Gasteiger partial charge < -0.3 is 9.05 Å². The van der Waals surface area contributed by atoms with E-state index in [4.69, 9.17) is 26.1 Å². The van der Waals surface area contributed by atoms with Gasteiger partial charge in [0.05, 0.1) is 13.2 Å². The maximum Gasteiger partial charge on any atom is 0.290 e. The van der Waals surface area contributed by atoms with Crippen molar-refractivity contribution < 1.29 is 9.05 Å². The zero-order chi connectivity index (χ0) is 8.04. The van der Waals surface area contributed by atoms with Crippen LogP contribution in [0.2, 0.25) is 0 Å². The van der Waals surface area contributed by atoms with Gasteiger partial charge in [0.2, 0.25) is 0 Å². The van der Waals surface area contributed by atoms with Gasteiger partial charge in [-0.05, 0) is 25.7 Å². The number of rotatable bonds is 4. The van der Waals surface area contributed by atoms with Crippen LogP contribution >= 0.6 is 6.49 Å². The average Bonchev–Trinajstić information content (AvgIpc) is 1.89. The number of nitrogens with zero attached hydrogens (tertiary/aromatic N) is 1. The van der Waals surface area contributed by atoms with Crippen LogP contribution in [0.5, 0.6) is 0 Å². The smallest absolute Gasteiger partial charge is 0.290 e. The van der Waals surface area contributed by atoms with Crippen LogP contribution in [0.15, 0.2) is 0 Å². The second kappa shape index (κ2) is 4.81. The van der Waals surface area contributed by atoms with Crippen molar-refractivity contribution in [3.8, 4) is 5.81 Å². The van der Waals surface area contributed by atoms with E-state index in [1.54, 1.807) is 13.8 Å². The van der Waals surface area contributed by atoms with Crippen LogP contribution < -0.4 is 0 Å². The molecule has 10 heavy (non-hydrogen) atoms. The summed E-state index contributed by atoms with van der Waals surface area (Å²) in [5.41, 5.74) is 0. The third kappa shape index (κ3) is 3.28. The highest BCUT2D eigenvalue weighted by molar-refractivity contribution is 8.12. The summed E-state index contributed by atoms with van der Waals surface area (Å²) in [6, 6.07) is 0. The van der Waals surface area contributed by atoms with E-state index >= 15 is 0 Å². The Labute approximate surface area is 66.1 Å². The Morgan fingerprint density at radius 3 is 2.00 bits per heavy atom. The van der Waals surface area contributed by atoms with Crippen molar-refractivity contribution in [2.75, 3.05) is 13.2 Å². The van der Waals surface area contributed by atoms with E-state index in [-0.39, 0.29) is 0 Å². The predicted molar refractivity (Wildman–Crippen MR) is 43.2 cm³/mol. The highest BCUT2D eigenvalue weighted by Crippen LogP contribution is 2.46. The van der Waals surface area contributed by atoms with E-state index in [1.165, 1.54) is 0 Å². The molecule has 0 aromatic carbocycles. The molecule has 0 aromatic rings. The Bertz CT molecular complexity index is 167. The summed E-state index contributed by atoms with van der Waals surface area (Å²) >= 11 is 4.81. The van der Waals surface area contributed by atoms with Crippen molar-refractivity contribution in [3.63, 3.8) is 0 Å². The summed E-state index contributed by atoms with van der Waals surface area (Å²) in [6.07, 6.45) is 0. The summed E-state index contributed by atoms with van der Waals surface area (Å²) in [5.74, 6) is 1.86. The van der Waals surface area contributed by atoms with Crippen molar-refractivity contribution in [3.05, 3.63) is 0 Å². The molecule has 0 spiro atoms. The van der Waals surface area contributed by atoms with E-state index in [9.17, 15) is 0 Å². The van der Waals surface area contributed by atoms with E-state index in [0.29, 0.717) is 13.2 Å². The summed E-state index contributed by atoms with van der Waals surface area (Å²) in [7, 11) is 0. The fourth-order valence-corrected chi connectivity index (χ4v) is 1.94. The molecule has 0 heterocycles. The van der Waals surface area contributed by atoms with Crippen molar-refractivity contribution in [2.24, 2.45) is 0 Å². The minimum atomic E-state index is -2.56. The molecule has 0 radical (unpaired) electrons.